The minimum atomic E-state index is 0.334. The van der Waals surface area contributed by atoms with Gasteiger partial charge in [0, 0.05) is 6.61 Å². The van der Waals surface area contributed by atoms with Gasteiger partial charge in [-0.3, -0.25) is 0 Å². The van der Waals surface area contributed by atoms with E-state index < -0.39 is 0 Å². The van der Waals surface area contributed by atoms with Gasteiger partial charge in [0.15, 0.2) is 0 Å². The standard InChI is InChI=1S/C14H21NO/c1-10-7-11(2)9-12(8-10)14(15-3)13-5-4-6-16-13/h7-9,13-15H,4-6H2,1-3H3. The molecule has 2 rings (SSSR count). The third-order valence-electron chi connectivity index (χ3n) is 3.25. The molecule has 0 amide bonds. The van der Waals surface area contributed by atoms with Crippen molar-refractivity contribution >= 4 is 0 Å². The zero-order chi connectivity index (χ0) is 11.5. The molecule has 1 aliphatic rings. The van der Waals surface area contributed by atoms with Crippen LogP contribution in [-0.4, -0.2) is 19.8 Å². The third-order valence-corrected chi connectivity index (χ3v) is 3.25. The minimum absolute atomic E-state index is 0.334. The second-order valence-electron chi connectivity index (χ2n) is 4.74. The van der Waals surface area contributed by atoms with Crippen molar-refractivity contribution in [2.75, 3.05) is 13.7 Å². The molecule has 2 nitrogen and oxygen atoms in total. The fourth-order valence-corrected chi connectivity index (χ4v) is 2.62. The van der Waals surface area contributed by atoms with E-state index in [-0.39, 0.29) is 0 Å². The Hall–Kier alpha value is -0.860. The van der Waals surface area contributed by atoms with E-state index in [9.17, 15) is 0 Å². The van der Waals surface area contributed by atoms with E-state index in [2.05, 4.69) is 37.4 Å². The summed E-state index contributed by atoms with van der Waals surface area (Å²) in [6.07, 6.45) is 2.69. The van der Waals surface area contributed by atoms with Gasteiger partial charge in [-0.1, -0.05) is 29.3 Å². The lowest BCUT2D eigenvalue weighted by atomic mass is 9.96. The SMILES string of the molecule is CNC(c1cc(C)cc(C)c1)C1CCCO1. The van der Waals surface area contributed by atoms with Crippen LogP contribution in [-0.2, 0) is 4.74 Å². The summed E-state index contributed by atoms with van der Waals surface area (Å²) < 4.78 is 5.78. The van der Waals surface area contributed by atoms with E-state index in [1.165, 1.54) is 29.5 Å². The van der Waals surface area contributed by atoms with E-state index in [1.54, 1.807) is 0 Å². The second kappa shape index (κ2) is 4.98. The molecule has 1 aromatic carbocycles. The Morgan fingerprint density at radius 3 is 2.44 bits per heavy atom. The molecule has 0 saturated carbocycles. The van der Waals surface area contributed by atoms with E-state index in [1.807, 2.05) is 7.05 Å². The second-order valence-corrected chi connectivity index (χ2v) is 4.74. The van der Waals surface area contributed by atoms with Crippen LogP contribution in [0.2, 0.25) is 0 Å². The topological polar surface area (TPSA) is 21.3 Å². The Kier molecular flexibility index (Phi) is 3.62. The summed E-state index contributed by atoms with van der Waals surface area (Å²) in [6.45, 7) is 5.21. The van der Waals surface area contributed by atoms with Crippen LogP contribution in [0, 0.1) is 13.8 Å². The van der Waals surface area contributed by atoms with Crippen molar-refractivity contribution in [3.63, 3.8) is 0 Å². The first-order valence-corrected chi connectivity index (χ1v) is 6.08. The van der Waals surface area contributed by atoms with Crippen LogP contribution in [0.5, 0.6) is 0 Å². The normalized spacial score (nSPS) is 22.3. The predicted octanol–water partition coefficient (Wildman–Crippen LogP) is 2.74. The number of ether oxygens (including phenoxy) is 1. The number of hydrogen-bond donors (Lipinski definition) is 1. The third kappa shape index (κ3) is 2.45. The maximum atomic E-state index is 5.78. The summed E-state index contributed by atoms with van der Waals surface area (Å²) in [5.74, 6) is 0. The fraction of sp³-hybridized carbons (Fsp3) is 0.571. The number of nitrogens with one attached hydrogen (secondary N) is 1. The van der Waals surface area contributed by atoms with Crippen molar-refractivity contribution in [1.82, 2.24) is 5.32 Å². The molecule has 16 heavy (non-hydrogen) atoms. The average Bonchev–Trinajstić information content (AvgIpc) is 2.70. The predicted molar refractivity (Wildman–Crippen MR) is 66.7 cm³/mol. The highest BCUT2D eigenvalue weighted by Gasteiger charge is 2.26. The van der Waals surface area contributed by atoms with Crippen LogP contribution in [0.3, 0.4) is 0 Å². The molecule has 88 valence electrons. The highest BCUT2D eigenvalue weighted by Crippen LogP contribution is 2.27. The molecule has 2 atom stereocenters. The Balaban J connectivity index is 2.24. The smallest absolute Gasteiger partial charge is 0.0770 e. The van der Waals surface area contributed by atoms with Crippen molar-refractivity contribution < 1.29 is 4.74 Å². The summed E-state index contributed by atoms with van der Waals surface area (Å²) in [5.41, 5.74) is 4.01. The maximum absolute atomic E-state index is 5.78. The first-order chi connectivity index (χ1) is 7.70. The molecule has 2 heteroatoms. The van der Waals surface area contributed by atoms with Crippen LogP contribution < -0.4 is 5.32 Å². The number of benzene rings is 1. The zero-order valence-electron chi connectivity index (χ0n) is 10.4. The molecule has 0 aromatic heterocycles. The van der Waals surface area contributed by atoms with Gasteiger partial charge in [-0.15, -0.1) is 0 Å². The molecule has 1 aromatic rings. The molecule has 0 bridgehead atoms. The summed E-state index contributed by atoms with van der Waals surface area (Å²) >= 11 is 0. The van der Waals surface area contributed by atoms with Gasteiger partial charge in [0.25, 0.3) is 0 Å². The Labute approximate surface area is 98.0 Å². The first-order valence-electron chi connectivity index (χ1n) is 6.08. The average molecular weight is 219 g/mol. The van der Waals surface area contributed by atoms with E-state index in [4.69, 9.17) is 4.74 Å². The van der Waals surface area contributed by atoms with Crippen LogP contribution in [0.4, 0.5) is 0 Å². The maximum Gasteiger partial charge on any atom is 0.0770 e. The number of rotatable bonds is 3. The minimum Gasteiger partial charge on any atom is -0.376 e. The molecular formula is C14H21NO. The van der Waals surface area contributed by atoms with Crippen LogP contribution in [0.25, 0.3) is 0 Å². The van der Waals surface area contributed by atoms with Gasteiger partial charge in [-0.05, 0) is 39.3 Å². The zero-order valence-corrected chi connectivity index (χ0v) is 10.4. The Morgan fingerprint density at radius 2 is 1.94 bits per heavy atom. The first kappa shape index (κ1) is 11.6. The van der Waals surface area contributed by atoms with Gasteiger partial charge in [0.2, 0.25) is 0 Å². The summed E-state index contributed by atoms with van der Waals surface area (Å²) in [7, 11) is 2.02. The molecule has 2 unspecified atom stereocenters. The highest BCUT2D eigenvalue weighted by atomic mass is 16.5. The molecule has 1 heterocycles. The molecule has 0 aliphatic carbocycles. The van der Waals surface area contributed by atoms with Gasteiger partial charge < -0.3 is 10.1 Å². The van der Waals surface area contributed by atoms with Crippen molar-refractivity contribution in [2.24, 2.45) is 0 Å². The Bertz CT molecular complexity index is 336. The van der Waals surface area contributed by atoms with E-state index in [0.29, 0.717) is 12.1 Å². The molecule has 0 radical (unpaired) electrons. The lowest BCUT2D eigenvalue weighted by Crippen LogP contribution is -2.29. The molecule has 0 spiro atoms. The van der Waals surface area contributed by atoms with E-state index >= 15 is 0 Å². The van der Waals surface area contributed by atoms with Gasteiger partial charge in [-0.2, -0.15) is 0 Å². The number of hydrogen-bond acceptors (Lipinski definition) is 2. The molecule has 1 aliphatic heterocycles. The van der Waals surface area contributed by atoms with Crippen molar-refractivity contribution in [3.05, 3.63) is 34.9 Å². The lowest BCUT2D eigenvalue weighted by Gasteiger charge is -2.23. The molecule has 1 fully saturated rings. The van der Waals surface area contributed by atoms with E-state index in [0.717, 1.165) is 6.61 Å². The molecular weight excluding hydrogens is 198 g/mol. The summed E-state index contributed by atoms with van der Waals surface area (Å²) in [5, 5.41) is 3.39. The largest absolute Gasteiger partial charge is 0.376 e. The Morgan fingerprint density at radius 1 is 1.25 bits per heavy atom. The molecule has 1 N–H and O–H groups in total. The lowest BCUT2D eigenvalue weighted by molar-refractivity contribution is 0.0807. The monoisotopic (exact) mass is 219 g/mol. The van der Waals surface area contributed by atoms with Gasteiger partial charge in [0.1, 0.15) is 0 Å². The highest BCUT2D eigenvalue weighted by molar-refractivity contribution is 5.31. The van der Waals surface area contributed by atoms with Crippen LogP contribution >= 0.6 is 0 Å². The number of likely N-dealkylation sites (N-methyl/N-ethyl adjacent to an activating group) is 1. The van der Waals surface area contributed by atoms with Crippen molar-refractivity contribution in [1.29, 1.82) is 0 Å². The van der Waals surface area contributed by atoms with Gasteiger partial charge >= 0.3 is 0 Å². The summed E-state index contributed by atoms with van der Waals surface area (Å²) in [4.78, 5) is 0. The van der Waals surface area contributed by atoms with Crippen molar-refractivity contribution in [3.8, 4) is 0 Å². The van der Waals surface area contributed by atoms with Crippen molar-refractivity contribution in [2.45, 2.75) is 38.8 Å². The quantitative estimate of drug-likeness (QED) is 0.844. The number of aryl methyl sites for hydroxylation is 2. The summed E-state index contributed by atoms with van der Waals surface area (Å²) in [6, 6.07) is 7.07. The van der Waals surface area contributed by atoms with Crippen LogP contribution in [0.15, 0.2) is 18.2 Å². The molecule has 1 saturated heterocycles. The van der Waals surface area contributed by atoms with Crippen LogP contribution in [0.1, 0.15) is 35.6 Å². The van der Waals surface area contributed by atoms with Gasteiger partial charge in [-0.25, -0.2) is 0 Å². The fourth-order valence-electron chi connectivity index (χ4n) is 2.62. The van der Waals surface area contributed by atoms with Gasteiger partial charge in [0.05, 0.1) is 12.1 Å².